The van der Waals surface area contributed by atoms with Crippen LogP contribution in [0.5, 0.6) is 0 Å². The summed E-state index contributed by atoms with van der Waals surface area (Å²) in [6.45, 7) is 6.00. The van der Waals surface area contributed by atoms with Gasteiger partial charge in [-0.05, 0) is 49.4 Å². The molecule has 6 rings (SSSR count). The van der Waals surface area contributed by atoms with Gasteiger partial charge in [0.25, 0.3) is 17.7 Å². The number of aromatic nitrogens is 2. The van der Waals surface area contributed by atoms with Gasteiger partial charge in [-0.3, -0.25) is 39.1 Å². The molecule has 2 aromatic rings. The van der Waals surface area contributed by atoms with Crippen LogP contribution in [-0.2, 0) is 9.59 Å². The quantitative estimate of drug-likeness (QED) is 0.461. The van der Waals surface area contributed by atoms with E-state index in [0.29, 0.717) is 17.0 Å². The number of piperidine rings is 2. The molecule has 1 aromatic heterocycles. The van der Waals surface area contributed by atoms with Crippen molar-refractivity contribution in [1.82, 2.24) is 25.3 Å². The summed E-state index contributed by atoms with van der Waals surface area (Å²) >= 11 is 0. The summed E-state index contributed by atoms with van der Waals surface area (Å²) < 4.78 is 0. The fourth-order valence-corrected chi connectivity index (χ4v) is 6.32. The van der Waals surface area contributed by atoms with Gasteiger partial charge in [0.05, 0.1) is 23.0 Å². The van der Waals surface area contributed by atoms with Crippen LogP contribution in [0.1, 0.15) is 56.9 Å². The second kappa shape index (κ2) is 10.9. The van der Waals surface area contributed by atoms with E-state index >= 15 is 0 Å². The molecule has 1 unspecified atom stereocenters. The Balaban J connectivity index is 1.03. The molecule has 1 atom stereocenters. The monoisotopic (exact) mass is 560 g/mol. The van der Waals surface area contributed by atoms with Crippen molar-refractivity contribution < 1.29 is 24.0 Å². The number of nitrogens with zero attached hydrogens (tertiary/aromatic N) is 6. The van der Waals surface area contributed by atoms with E-state index in [1.807, 2.05) is 6.07 Å². The third-order valence-electron chi connectivity index (χ3n) is 8.57. The molecule has 0 saturated carbocycles. The molecule has 3 N–H and O–H groups in total. The maximum Gasteiger partial charge on any atom is 0.271 e. The van der Waals surface area contributed by atoms with Gasteiger partial charge in [0.2, 0.25) is 11.8 Å². The molecule has 0 spiro atoms. The minimum absolute atomic E-state index is 0.0941. The molecule has 214 valence electrons. The number of benzene rings is 1. The Morgan fingerprint density at radius 3 is 2.34 bits per heavy atom. The highest BCUT2D eigenvalue weighted by atomic mass is 16.2. The fraction of sp³-hybridized carbons (Fsp3) is 0.464. The predicted octanol–water partition coefficient (Wildman–Crippen LogP) is 0.0153. The van der Waals surface area contributed by atoms with Gasteiger partial charge >= 0.3 is 0 Å². The second-order valence-electron chi connectivity index (χ2n) is 11.0. The third kappa shape index (κ3) is 5.12. The van der Waals surface area contributed by atoms with Gasteiger partial charge in [-0.2, -0.15) is 5.10 Å². The number of carbonyl (C=O) groups is 5. The van der Waals surface area contributed by atoms with Crippen molar-refractivity contribution in [1.29, 1.82) is 0 Å². The largest absolute Gasteiger partial charge is 0.370 e. The lowest BCUT2D eigenvalue weighted by Gasteiger charge is -2.40. The van der Waals surface area contributed by atoms with Crippen molar-refractivity contribution >= 4 is 40.9 Å². The van der Waals surface area contributed by atoms with E-state index in [1.54, 1.807) is 24.4 Å². The Hall–Kier alpha value is -4.39. The number of nitrogens with two attached hydrogens (primary N) is 1. The Labute approximate surface area is 236 Å². The zero-order valence-corrected chi connectivity index (χ0v) is 22.6. The van der Waals surface area contributed by atoms with Gasteiger partial charge in [0, 0.05) is 57.9 Å². The number of imide groups is 2. The van der Waals surface area contributed by atoms with Gasteiger partial charge in [0.15, 0.2) is 5.69 Å². The van der Waals surface area contributed by atoms with Crippen molar-refractivity contribution in [3.63, 3.8) is 0 Å². The maximum absolute atomic E-state index is 13.2. The summed E-state index contributed by atoms with van der Waals surface area (Å²) in [7, 11) is 0. The molecule has 0 bridgehead atoms. The van der Waals surface area contributed by atoms with Crippen molar-refractivity contribution in [2.45, 2.75) is 31.7 Å². The summed E-state index contributed by atoms with van der Waals surface area (Å²) in [4.78, 5) is 69.6. The van der Waals surface area contributed by atoms with E-state index in [9.17, 15) is 24.0 Å². The van der Waals surface area contributed by atoms with Crippen LogP contribution in [-0.4, -0.2) is 101 Å². The first-order chi connectivity index (χ1) is 19.8. The summed E-state index contributed by atoms with van der Waals surface area (Å²) in [6.07, 6.45) is 3.82. The lowest BCUT2D eigenvalue weighted by atomic mass is 9.95. The number of hydrogen-bond acceptors (Lipinski definition) is 10. The Morgan fingerprint density at radius 1 is 0.902 bits per heavy atom. The van der Waals surface area contributed by atoms with Crippen molar-refractivity contribution in [3.05, 3.63) is 47.3 Å². The summed E-state index contributed by atoms with van der Waals surface area (Å²) in [5, 5.41) is 9.92. The number of carbonyl (C=O) groups excluding carboxylic acids is 5. The lowest BCUT2D eigenvalue weighted by molar-refractivity contribution is -0.136. The van der Waals surface area contributed by atoms with Crippen molar-refractivity contribution in [2.75, 3.05) is 55.6 Å². The van der Waals surface area contributed by atoms with Crippen LogP contribution in [0.2, 0.25) is 0 Å². The summed E-state index contributed by atoms with van der Waals surface area (Å²) in [5.41, 5.74) is 7.90. The van der Waals surface area contributed by atoms with Crippen LogP contribution in [0.4, 0.5) is 11.4 Å². The average Bonchev–Trinajstić information content (AvgIpc) is 3.22. The topological polar surface area (TPSA) is 162 Å². The maximum atomic E-state index is 13.2. The first-order valence-corrected chi connectivity index (χ1v) is 14.0. The molecule has 4 aliphatic rings. The molecule has 5 amide bonds. The number of fused-ring (bicyclic) bond motifs is 1. The second-order valence-corrected chi connectivity index (χ2v) is 11.0. The van der Waals surface area contributed by atoms with Crippen LogP contribution in [0, 0.1) is 5.92 Å². The van der Waals surface area contributed by atoms with E-state index < -0.39 is 35.6 Å². The number of rotatable bonds is 6. The Bertz CT molecular complexity index is 1410. The molecule has 5 heterocycles. The molecular weight excluding hydrogens is 528 g/mol. The molecule has 3 fully saturated rings. The van der Waals surface area contributed by atoms with E-state index in [1.165, 1.54) is 0 Å². The smallest absolute Gasteiger partial charge is 0.271 e. The van der Waals surface area contributed by atoms with Crippen LogP contribution in [0.15, 0.2) is 30.5 Å². The fourth-order valence-electron chi connectivity index (χ4n) is 6.32. The zero-order valence-electron chi connectivity index (χ0n) is 22.6. The molecule has 13 nitrogen and oxygen atoms in total. The van der Waals surface area contributed by atoms with Gasteiger partial charge in [-0.1, -0.05) is 0 Å². The van der Waals surface area contributed by atoms with Gasteiger partial charge < -0.3 is 15.5 Å². The number of anilines is 2. The van der Waals surface area contributed by atoms with Gasteiger partial charge in [-0.25, -0.2) is 0 Å². The van der Waals surface area contributed by atoms with E-state index in [2.05, 4.69) is 30.2 Å². The normalized spacial score (nSPS) is 22.2. The molecule has 41 heavy (non-hydrogen) atoms. The van der Waals surface area contributed by atoms with E-state index in [0.717, 1.165) is 74.9 Å². The number of piperazine rings is 1. The van der Waals surface area contributed by atoms with E-state index in [-0.39, 0.29) is 18.5 Å². The minimum atomic E-state index is -0.967. The molecule has 4 aliphatic heterocycles. The van der Waals surface area contributed by atoms with Gasteiger partial charge in [-0.15, -0.1) is 5.10 Å². The molecular formula is C28H32N8O5. The van der Waals surface area contributed by atoms with Crippen molar-refractivity contribution in [3.8, 4) is 0 Å². The SMILES string of the molecule is NC(=O)c1nnccc1N1CCC(CN2CCN(c3ccc4c(c3)C(=O)N(C3CCC(=O)NC3=O)C4=O)CC2)CC1. The molecule has 0 radical (unpaired) electrons. The number of nitrogens with one attached hydrogen (secondary N) is 1. The highest BCUT2D eigenvalue weighted by Crippen LogP contribution is 2.31. The first kappa shape index (κ1) is 26.8. The molecule has 3 saturated heterocycles. The third-order valence-corrected chi connectivity index (χ3v) is 8.57. The average molecular weight is 561 g/mol. The Morgan fingerprint density at radius 2 is 1.63 bits per heavy atom. The lowest BCUT2D eigenvalue weighted by Crippen LogP contribution is -2.54. The number of primary amides is 1. The number of amides is 5. The number of hydrogen-bond donors (Lipinski definition) is 2. The van der Waals surface area contributed by atoms with Crippen molar-refractivity contribution in [2.24, 2.45) is 11.7 Å². The van der Waals surface area contributed by atoms with Crippen LogP contribution < -0.4 is 20.9 Å². The first-order valence-electron chi connectivity index (χ1n) is 14.0. The van der Waals surface area contributed by atoms with Crippen LogP contribution in [0.3, 0.4) is 0 Å². The van der Waals surface area contributed by atoms with Gasteiger partial charge in [0.1, 0.15) is 6.04 Å². The predicted molar refractivity (Wildman–Crippen MR) is 147 cm³/mol. The Kier molecular flexibility index (Phi) is 7.12. The van der Waals surface area contributed by atoms with E-state index in [4.69, 9.17) is 5.73 Å². The summed E-state index contributed by atoms with van der Waals surface area (Å²) in [6, 6.07) is 6.10. The molecule has 1 aromatic carbocycles. The minimum Gasteiger partial charge on any atom is -0.370 e. The zero-order chi connectivity index (χ0) is 28.7. The molecule has 13 heteroatoms. The highest BCUT2D eigenvalue weighted by Gasteiger charge is 2.44. The summed E-state index contributed by atoms with van der Waals surface area (Å²) in [5.74, 6) is -2.01. The highest BCUT2D eigenvalue weighted by molar-refractivity contribution is 6.23. The van der Waals surface area contributed by atoms with Crippen LogP contribution >= 0.6 is 0 Å². The standard InChI is InChI=1S/C28H32N8O5/c29-25(38)24-21(5-8-30-32-24)35-9-6-17(7-10-35)16-33-11-13-34(14-12-33)18-1-2-19-20(15-18)28(41)36(27(19)40)22-3-4-23(37)31-26(22)39/h1-2,5,8,15,17,22H,3-4,6-7,9-14,16H2,(H2,29,38)(H,31,37,39). The molecule has 0 aliphatic carbocycles. The van der Waals surface area contributed by atoms with Crippen LogP contribution in [0.25, 0.3) is 0 Å².